The summed E-state index contributed by atoms with van der Waals surface area (Å²) in [5, 5.41) is 0. The van der Waals surface area contributed by atoms with Crippen LogP contribution in [-0.2, 0) is 12.8 Å². The molecule has 1 aliphatic carbocycles. The van der Waals surface area contributed by atoms with Gasteiger partial charge in [0.1, 0.15) is 5.82 Å². The van der Waals surface area contributed by atoms with Crippen LogP contribution < -0.4 is 5.73 Å². The molecule has 0 saturated carbocycles. The van der Waals surface area contributed by atoms with Gasteiger partial charge in [-0.05, 0) is 42.4 Å². The second-order valence-electron chi connectivity index (χ2n) is 3.73. The fourth-order valence-corrected chi connectivity index (χ4v) is 1.84. The third-order valence-electron chi connectivity index (χ3n) is 2.58. The lowest BCUT2D eigenvalue weighted by Crippen LogP contribution is -2.12. The highest BCUT2D eigenvalue weighted by atomic mass is 35.5. The molecule has 1 aliphatic rings. The van der Waals surface area contributed by atoms with Crippen molar-refractivity contribution in [3.8, 4) is 0 Å². The van der Waals surface area contributed by atoms with Crippen molar-refractivity contribution in [2.75, 3.05) is 5.73 Å². The van der Waals surface area contributed by atoms with Crippen LogP contribution in [0.3, 0.4) is 0 Å². The van der Waals surface area contributed by atoms with Gasteiger partial charge in [0.05, 0.1) is 0 Å². The molecule has 1 heterocycles. The zero-order valence-electron chi connectivity index (χ0n) is 7.79. The molecule has 0 aliphatic heterocycles. The van der Waals surface area contributed by atoms with Crippen molar-refractivity contribution in [1.29, 1.82) is 0 Å². The average Bonchev–Trinajstić information content (AvgIpc) is 2.05. The summed E-state index contributed by atoms with van der Waals surface area (Å²) in [5.41, 5.74) is 8.40. The third kappa shape index (κ3) is 2.13. The summed E-state index contributed by atoms with van der Waals surface area (Å²) >= 11 is 0. The quantitative estimate of drug-likeness (QED) is 0.694. The van der Waals surface area contributed by atoms with Crippen molar-refractivity contribution in [2.45, 2.75) is 26.2 Å². The third-order valence-corrected chi connectivity index (χ3v) is 2.58. The second kappa shape index (κ2) is 3.97. The lowest BCUT2D eigenvalue weighted by Gasteiger charge is -2.20. The standard InChI is InChI=1S/C10H14N2.ClH/c1-7-2-3-8-5-10(11)12-6-9(8)4-7;/h5-7H,2-4H2,1H3,(H2,11,12);1H. The van der Waals surface area contributed by atoms with E-state index < -0.39 is 0 Å². The molecule has 1 aromatic rings. The Labute approximate surface area is 85.0 Å². The lowest BCUT2D eigenvalue weighted by atomic mass is 9.86. The Morgan fingerprint density at radius 1 is 1.46 bits per heavy atom. The molecule has 2 N–H and O–H groups in total. The van der Waals surface area contributed by atoms with E-state index in [1.165, 1.54) is 30.4 Å². The molecule has 2 nitrogen and oxygen atoms in total. The van der Waals surface area contributed by atoms with Crippen molar-refractivity contribution >= 4 is 18.2 Å². The van der Waals surface area contributed by atoms with Crippen LogP contribution in [-0.4, -0.2) is 4.98 Å². The Bertz CT molecular complexity index is 299. The molecule has 1 aromatic heterocycles. The van der Waals surface area contributed by atoms with Gasteiger partial charge in [-0.15, -0.1) is 12.4 Å². The number of anilines is 1. The average molecular weight is 199 g/mol. The second-order valence-corrected chi connectivity index (χ2v) is 3.73. The number of hydrogen-bond acceptors (Lipinski definition) is 2. The SMILES string of the molecule is CC1CCc2cc(N)ncc2C1.Cl. The molecule has 0 bridgehead atoms. The number of pyridine rings is 1. The first-order chi connectivity index (χ1) is 5.75. The predicted octanol–water partition coefficient (Wildman–Crippen LogP) is 2.21. The van der Waals surface area contributed by atoms with Gasteiger partial charge >= 0.3 is 0 Å². The van der Waals surface area contributed by atoms with Gasteiger partial charge in [-0.1, -0.05) is 6.92 Å². The van der Waals surface area contributed by atoms with Gasteiger partial charge in [0.25, 0.3) is 0 Å². The van der Waals surface area contributed by atoms with Gasteiger partial charge < -0.3 is 5.73 Å². The molecule has 72 valence electrons. The number of nitrogens with two attached hydrogens (primary N) is 1. The molecule has 1 unspecified atom stereocenters. The maximum Gasteiger partial charge on any atom is 0.123 e. The van der Waals surface area contributed by atoms with Crippen LogP contribution in [0.25, 0.3) is 0 Å². The van der Waals surface area contributed by atoms with Gasteiger partial charge in [0.2, 0.25) is 0 Å². The molecule has 0 aromatic carbocycles. The molecular formula is C10H15ClN2. The van der Waals surface area contributed by atoms with E-state index in [-0.39, 0.29) is 12.4 Å². The van der Waals surface area contributed by atoms with E-state index in [4.69, 9.17) is 5.73 Å². The fourth-order valence-electron chi connectivity index (χ4n) is 1.84. The molecule has 0 saturated heterocycles. The van der Waals surface area contributed by atoms with E-state index in [1.54, 1.807) is 0 Å². The summed E-state index contributed by atoms with van der Waals surface area (Å²) < 4.78 is 0. The monoisotopic (exact) mass is 198 g/mol. The normalized spacial score (nSPS) is 20.2. The summed E-state index contributed by atoms with van der Waals surface area (Å²) in [5.74, 6) is 1.46. The number of aromatic nitrogens is 1. The summed E-state index contributed by atoms with van der Waals surface area (Å²) in [6.07, 6.45) is 5.56. The number of halogens is 1. The van der Waals surface area contributed by atoms with Gasteiger partial charge in [-0.2, -0.15) is 0 Å². The molecule has 0 fully saturated rings. The van der Waals surface area contributed by atoms with E-state index >= 15 is 0 Å². The Kier molecular flexibility index (Phi) is 3.15. The van der Waals surface area contributed by atoms with Crippen molar-refractivity contribution in [2.24, 2.45) is 5.92 Å². The summed E-state index contributed by atoms with van der Waals surface area (Å²) in [7, 11) is 0. The van der Waals surface area contributed by atoms with E-state index in [0.29, 0.717) is 5.82 Å². The fraction of sp³-hybridized carbons (Fsp3) is 0.500. The van der Waals surface area contributed by atoms with Gasteiger partial charge in [0.15, 0.2) is 0 Å². The first-order valence-electron chi connectivity index (χ1n) is 4.49. The van der Waals surface area contributed by atoms with Crippen molar-refractivity contribution in [3.05, 3.63) is 23.4 Å². The van der Waals surface area contributed by atoms with E-state index in [9.17, 15) is 0 Å². The molecule has 0 radical (unpaired) electrons. The number of aryl methyl sites for hydroxylation is 1. The summed E-state index contributed by atoms with van der Waals surface area (Å²) in [6, 6.07) is 2.02. The number of fused-ring (bicyclic) bond motifs is 1. The maximum absolute atomic E-state index is 5.61. The van der Waals surface area contributed by atoms with E-state index in [1.807, 2.05) is 12.3 Å². The van der Waals surface area contributed by atoms with E-state index in [0.717, 1.165) is 5.92 Å². The lowest BCUT2D eigenvalue weighted by molar-refractivity contribution is 0.500. The maximum atomic E-state index is 5.61. The molecule has 0 amide bonds. The molecule has 2 rings (SSSR count). The smallest absolute Gasteiger partial charge is 0.123 e. The molecule has 3 heteroatoms. The van der Waals surface area contributed by atoms with Crippen molar-refractivity contribution < 1.29 is 0 Å². The minimum absolute atomic E-state index is 0. The van der Waals surface area contributed by atoms with Crippen molar-refractivity contribution in [1.82, 2.24) is 4.98 Å². The molecular weight excluding hydrogens is 184 g/mol. The Morgan fingerprint density at radius 2 is 2.23 bits per heavy atom. The van der Waals surface area contributed by atoms with Gasteiger partial charge in [0, 0.05) is 6.20 Å². The van der Waals surface area contributed by atoms with Crippen LogP contribution in [0.2, 0.25) is 0 Å². The minimum atomic E-state index is 0. The molecule has 1 atom stereocenters. The van der Waals surface area contributed by atoms with Gasteiger partial charge in [-0.25, -0.2) is 4.98 Å². The highest BCUT2D eigenvalue weighted by Gasteiger charge is 2.14. The van der Waals surface area contributed by atoms with E-state index in [2.05, 4.69) is 11.9 Å². The summed E-state index contributed by atoms with van der Waals surface area (Å²) in [6.45, 7) is 2.29. The van der Waals surface area contributed by atoms with Gasteiger partial charge in [-0.3, -0.25) is 0 Å². The molecule has 0 spiro atoms. The Balaban J connectivity index is 0.000000845. The summed E-state index contributed by atoms with van der Waals surface area (Å²) in [4.78, 5) is 4.10. The van der Waals surface area contributed by atoms with Crippen LogP contribution in [0.1, 0.15) is 24.5 Å². The topological polar surface area (TPSA) is 38.9 Å². The largest absolute Gasteiger partial charge is 0.384 e. The van der Waals surface area contributed by atoms with Crippen LogP contribution in [0.15, 0.2) is 12.3 Å². The van der Waals surface area contributed by atoms with Crippen LogP contribution >= 0.6 is 12.4 Å². The van der Waals surface area contributed by atoms with Crippen LogP contribution in [0.5, 0.6) is 0 Å². The number of nitrogen functional groups attached to an aromatic ring is 1. The predicted molar refractivity (Wildman–Crippen MR) is 57.1 cm³/mol. The number of hydrogen-bond donors (Lipinski definition) is 1. The first kappa shape index (κ1) is 10.3. The number of rotatable bonds is 0. The first-order valence-corrected chi connectivity index (χ1v) is 4.49. The van der Waals surface area contributed by atoms with Crippen LogP contribution in [0, 0.1) is 5.92 Å². The van der Waals surface area contributed by atoms with Crippen LogP contribution in [0.4, 0.5) is 5.82 Å². The highest BCUT2D eigenvalue weighted by molar-refractivity contribution is 5.85. The Hall–Kier alpha value is -0.760. The van der Waals surface area contributed by atoms with Crippen molar-refractivity contribution in [3.63, 3.8) is 0 Å². The minimum Gasteiger partial charge on any atom is -0.384 e. The zero-order valence-corrected chi connectivity index (χ0v) is 8.60. The Morgan fingerprint density at radius 3 is 3.00 bits per heavy atom. The zero-order chi connectivity index (χ0) is 8.55. The molecule has 13 heavy (non-hydrogen) atoms. The number of nitrogens with zero attached hydrogens (tertiary/aromatic N) is 1. The highest BCUT2D eigenvalue weighted by Crippen LogP contribution is 2.25.